The molecule has 2 fully saturated rings. The Morgan fingerprint density at radius 1 is 0.860 bits per heavy atom. The number of carbonyl (C=O) groups is 2. The van der Waals surface area contributed by atoms with Crippen molar-refractivity contribution in [1.82, 2.24) is 19.6 Å². The van der Waals surface area contributed by atoms with Crippen LogP contribution in [-0.4, -0.2) is 101 Å². The summed E-state index contributed by atoms with van der Waals surface area (Å²) in [5.41, 5.74) is 3.66. The summed E-state index contributed by atoms with van der Waals surface area (Å²) in [6.07, 6.45) is 5.51. The first kappa shape index (κ1) is 37.5. The van der Waals surface area contributed by atoms with Crippen molar-refractivity contribution < 1.29 is 23.8 Å². The van der Waals surface area contributed by atoms with Crippen molar-refractivity contribution in [3.05, 3.63) is 101 Å². The molecule has 270 valence electrons. The van der Waals surface area contributed by atoms with E-state index in [-0.39, 0.29) is 41.6 Å². The molecule has 0 aromatic heterocycles. The second-order valence-electron chi connectivity index (χ2n) is 14.0. The third kappa shape index (κ3) is 10.4. The number of hydrogen-bond donors (Lipinski definition) is 1. The van der Waals surface area contributed by atoms with Crippen molar-refractivity contribution in [3.8, 4) is 5.75 Å². The van der Waals surface area contributed by atoms with E-state index >= 15 is 0 Å². The van der Waals surface area contributed by atoms with Crippen LogP contribution < -0.4 is 0 Å². The molecular weight excluding hydrogens is 631 g/mol. The van der Waals surface area contributed by atoms with Gasteiger partial charge < -0.3 is 19.6 Å². The minimum absolute atomic E-state index is 0.0589. The second-order valence-corrected chi connectivity index (χ2v) is 14.0. The summed E-state index contributed by atoms with van der Waals surface area (Å²) in [5.74, 6) is -0.0421. The van der Waals surface area contributed by atoms with Gasteiger partial charge >= 0.3 is 5.97 Å². The topological polar surface area (TPSA) is 76.6 Å². The Hall–Kier alpha value is -3.79. The molecule has 0 bridgehead atoms. The van der Waals surface area contributed by atoms with E-state index in [9.17, 15) is 19.1 Å². The molecule has 3 aromatic rings. The number of phenols is 1. The van der Waals surface area contributed by atoms with Crippen molar-refractivity contribution >= 4 is 11.9 Å². The number of ether oxygens (including phenoxy) is 1. The lowest BCUT2D eigenvalue weighted by molar-refractivity contribution is -0.143. The molecule has 1 unspecified atom stereocenters. The molecule has 3 atom stereocenters. The van der Waals surface area contributed by atoms with E-state index in [1.807, 2.05) is 48.2 Å². The van der Waals surface area contributed by atoms with Gasteiger partial charge in [-0.05, 0) is 106 Å². The molecule has 2 aliphatic heterocycles. The third-order valence-corrected chi connectivity index (χ3v) is 10.2. The Morgan fingerprint density at radius 2 is 1.62 bits per heavy atom. The molecule has 3 aromatic carbocycles. The molecular formula is C41H55FN4O4. The highest BCUT2D eigenvalue weighted by Crippen LogP contribution is 2.35. The smallest absolute Gasteiger partial charge is 0.305 e. The van der Waals surface area contributed by atoms with Crippen molar-refractivity contribution in [1.29, 1.82) is 0 Å². The van der Waals surface area contributed by atoms with Crippen molar-refractivity contribution in [2.24, 2.45) is 0 Å². The molecule has 0 spiro atoms. The van der Waals surface area contributed by atoms with Gasteiger partial charge in [-0.15, -0.1) is 0 Å². The van der Waals surface area contributed by atoms with Crippen LogP contribution in [0.1, 0.15) is 92.4 Å². The molecule has 0 saturated carbocycles. The highest BCUT2D eigenvalue weighted by atomic mass is 19.1. The van der Waals surface area contributed by atoms with Gasteiger partial charge in [0.15, 0.2) is 0 Å². The summed E-state index contributed by atoms with van der Waals surface area (Å²) in [5, 5.41) is 10.5. The number of aromatic hydroxyl groups is 1. The lowest BCUT2D eigenvalue weighted by Crippen LogP contribution is -2.56. The van der Waals surface area contributed by atoms with Crippen LogP contribution in [0.3, 0.4) is 0 Å². The highest BCUT2D eigenvalue weighted by molar-refractivity contribution is 5.94. The predicted molar refractivity (Wildman–Crippen MR) is 196 cm³/mol. The second kappa shape index (κ2) is 18.4. The van der Waals surface area contributed by atoms with Crippen molar-refractivity contribution in [2.75, 3.05) is 52.4 Å². The maximum atomic E-state index is 14.0. The zero-order valence-electron chi connectivity index (χ0n) is 30.1. The lowest BCUT2D eigenvalue weighted by Gasteiger charge is -2.47. The monoisotopic (exact) mass is 686 g/mol. The Labute approximate surface area is 297 Å². The van der Waals surface area contributed by atoms with E-state index in [4.69, 9.17) is 4.74 Å². The fraction of sp³-hybridized carbons (Fsp3) is 0.512. The van der Waals surface area contributed by atoms with Gasteiger partial charge in [0.05, 0.1) is 12.6 Å². The van der Waals surface area contributed by atoms with Crippen LogP contribution in [0.25, 0.3) is 0 Å². The van der Waals surface area contributed by atoms with Gasteiger partial charge in [0, 0.05) is 63.3 Å². The van der Waals surface area contributed by atoms with Gasteiger partial charge in [-0.2, -0.15) is 0 Å². The molecule has 50 heavy (non-hydrogen) atoms. The first-order valence-corrected chi connectivity index (χ1v) is 18.5. The lowest BCUT2D eigenvalue weighted by atomic mass is 9.92. The van der Waals surface area contributed by atoms with Crippen molar-refractivity contribution in [2.45, 2.75) is 84.0 Å². The zero-order chi connectivity index (χ0) is 35.5. The van der Waals surface area contributed by atoms with E-state index in [1.165, 1.54) is 6.07 Å². The highest BCUT2D eigenvalue weighted by Gasteiger charge is 2.35. The van der Waals surface area contributed by atoms with E-state index in [1.54, 1.807) is 18.2 Å². The SMILES string of the molecule is CCOC(=O)CCCCCCN1CCCN(C(=O)c2cccc(C(c3cccc(O)c3)N3C[C@@H](C)N(Cc4cccc(F)c4)C[C@@H]3C)c2)CC1. The average Bonchev–Trinajstić information content (AvgIpc) is 3.34. The predicted octanol–water partition coefficient (Wildman–Crippen LogP) is 6.88. The molecule has 2 aliphatic rings. The normalized spacial score (nSPS) is 20.0. The average molecular weight is 687 g/mol. The van der Waals surface area contributed by atoms with E-state index in [2.05, 4.69) is 40.7 Å². The largest absolute Gasteiger partial charge is 0.508 e. The van der Waals surface area contributed by atoms with Gasteiger partial charge in [-0.1, -0.05) is 49.2 Å². The Morgan fingerprint density at radius 3 is 2.40 bits per heavy atom. The van der Waals surface area contributed by atoms with Gasteiger partial charge in [-0.3, -0.25) is 19.4 Å². The summed E-state index contributed by atoms with van der Waals surface area (Å²) in [6, 6.07) is 22.6. The number of rotatable bonds is 14. The molecule has 2 heterocycles. The molecule has 2 saturated heterocycles. The number of carbonyl (C=O) groups excluding carboxylic acids is 2. The standard InChI is InChI=1S/C41H55FN4O4/c1-4-50-39(48)19-7-5-6-8-20-43-21-12-22-44(24-23-43)41(49)36-16-10-14-34(26-36)40(35-15-11-18-38(47)27-35)46-29-31(2)45(28-32(46)3)30-33-13-9-17-37(42)25-33/h9-11,13-18,25-27,31-32,40,47H,4-8,12,19-24,28-30H2,1-3H3/t31-,32+,40?/m1/s1. The summed E-state index contributed by atoms with van der Waals surface area (Å²) >= 11 is 0. The van der Waals surface area contributed by atoms with Gasteiger partial charge in [0.1, 0.15) is 11.6 Å². The number of unbranched alkanes of at least 4 members (excludes halogenated alkanes) is 3. The number of hydrogen-bond acceptors (Lipinski definition) is 7. The van der Waals surface area contributed by atoms with E-state index in [0.717, 1.165) is 88.1 Å². The van der Waals surface area contributed by atoms with Gasteiger partial charge in [0.25, 0.3) is 5.91 Å². The fourth-order valence-corrected chi connectivity index (χ4v) is 7.56. The Kier molecular flexibility index (Phi) is 13.8. The van der Waals surface area contributed by atoms with Crippen LogP contribution in [0.2, 0.25) is 0 Å². The van der Waals surface area contributed by atoms with Crippen LogP contribution in [0.15, 0.2) is 72.8 Å². The van der Waals surface area contributed by atoms with Crippen molar-refractivity contribution in [3.63, 3.8) is 0 Å². The summed E-state index contributed by atoms with van der Waals surface area (Å²) in [7, 11) is 0. The number of benzene rings is 3. The number of amides is 1. The zero-order valence-corrected chi connectivity index (χ0v) is 30.1. The Bertz CT molecular complexity index is 1550. The maximum Gasteiger partial charge on any atom is 0.305 e. The van der Waals surface area contributed by atoms with E-state index in [0.29, 0.717) is 31.7 Å². The number of halogens is 1. The molecule has 0 radical (unpaired) electrons. The third-order valence-electron chi connectivity index (χ3n) is 10.2. The molecule has 8 nitrogen and oxygen atoms in total. The summed E-state index contributed by atoms with van der Waals surface area (Å²) in [4.78, 5) is 34.9. The summed E-state index contributed by atoms with van der Waals surface area (Å²) < 4.78 is 19.0. The molecule has 9 heteroatoms. The summed E-state index contributed by atoms with van der Waals surface area (Å²) in [6.45, 7) is 13.3. The Balaban J connectivity index is 1.23. The minimum Gasteiger partial charge on any atom is -0.508 e. The number of phenolic OH excluding ortho intramolecular Hbond substituents is 1. The van der Waals surface area contributed by atoms with Crippen LogP contribution in [0.5, 0.6) is 5.75 Å². The molecule has 1 amide bonds. The fourth-order valence-electron chi connectivity index (χ4n) is 7.56. The first-order chi connectivity index (χ1) is 24.2. The first-order valence-electron chi connectivity index (χ1n) is 18.5. The van der Waals surface area contributed by atoms with E-state index < -0.39 is 0 Å². The molecule has 1 N–H and O–H groups in total. The maximum absolute atomic E-state index is 14.0. The van der Waals surface area contributed by atoms with Crippen LogP contribution in [0, 0.1) is 5.82 Å². The van der Waals surface area contributed by atoms with Crippen LogP contribution >= 0.6 is 0 Å². The number of esters is 1. The van der Waals surface area contributed by atoms with Gasteiger partial charge in [0.2, 0.25) is 0 Å². The molecule has 0 aliphatic carbocycles. The number of piperazine rings is 1. The van der Waals surface area contributed by atoms with Crippen LogP contribution in [0.4, 0.5) is 4.39 Å². The molecule has 5 rings (SSSR count). The number of nitrogens with zero attached hydrogens (tertiary/aromatic N) is 4. The van der Waals surface area contributed by atoms with Crippen LogP contribution in [-0.2, 0) is 16.1 Å². The minimum atomic E-state index is -0.214. The van der Waals surface area contributed by atoms with Gasteiger partial charge in [-0.25, -0.2) is 4.39 Å². The quantitative estimate of drug-likeness (QED) is 0.147.